The Hall–Kier alpha value is -4.46. The highest BCUT2D eigenvalue weighted by atomic mass is 16.5. The van der Waals surface area contributed by atoms with Gasteiger partial charge < -0.3 is 15.2 Å². The van der Waals surface area contributed by atoms with Crippen molar-refractivity contribution in [3.8, 4) is 5.75 Å². The number of anilines is 2. The summed E-state index contributed by atoms with van der Waals surface area (Å²) >= 11 is 0. The van der Waals surface area contributed by atoms with Crippen LogP contribution in [0.1, 0.15) is 48.4 Å². The summed E-state index contributed by atoms with van der Waals surface area (Å²) in [6, 6.07) is 16.9. The molecule has 1 aliphatic heterocycles. The van der Waals surface area contributed by atoms with Gasteiger partial charge in [0.25, 0.3) is 17.7 Å². The molecule has 0 unspecified atom stereocenters. The van der Waals surface area contributed by atoms with Gasteiger partial charge >= 0.3 is 5.97 Å². The SMILES string of the molecule is CCOc1ccccc1N1C(=O)c2ccc(C(=O)Nc3ccccc3C(=O)O)cc2C1=O. The lowest BCUT2D eigenvalue weighted by Gasteiger charge is -2.17. The maximum atomic E-state index is 13.1. The molecule has 1 aliphatic rings. The second kappa shape index (κ2) is 8.35. The average molecular weight is 430 g/mol. The summed E-state index contributed by atoms with van der Waals surface area (Å²) in [7, 11) is 0. The van der Waals surface area contributed by atoms with Crippen LogP contribution in [-0.4, -0.2) is 35.4 Å². The summed E-state index contributed by atoms with van der Waals surface area (Å²) in [6.07, 6.45) is 0. The number of aromatic carboxylic acids is 1. The third-order valence-electron chi connectivity index (χ3n) is 4.96. The molecule has 0 saturated carbocycles. The van der Waals surface area contributed by atoms with Crippen LogP contribution in [0.25, 0.3) is 0 Å². The molecule has 0 spiro atoms. The van der Waals surface area contributed by atoms with Gasteiger partial charge in [0.15, 0.2) is 0 Å². The van der Waals surface area contributed by atoms with E-state index in [1.54, 1.807) is 43.3 Å². The molecule has 3 amide bonds. The number of hydrogen-bond donors (Lipinski definition) is 2. The Balaban J connectivity index is 1.65. The molecule has 3 aromatic carbocycles. The first-order valence-corrected chi connectivity index (χ1v) is 9.80. The number of imide groups is 1. The predicted octanol–water partition coefficient (Wildman–Crippen LogP) is 3.84. The number of carbonyl (C=O) groups is 4. The lowest BCUT2D eigenvalue weighted by atomic mass is 10.0. The quantitative estimate of drug-likeness (QED) is 0.575. The summed E-state index contributed by atoms with van der Waals surface area (Å²) in [6.45, 7) is 2.16. The van der Waals surface area contributed by atoms with E-state index >= 15 is 0 Å². The lowest BCUT2D eigenvalue weighted by Crippen LogP contribution is -2.29. The minimum absolute atomic E-state index is 0.0630. The van der Waals surface area contributed by atoms with Gasteiger partial charge in [-0.1, -0.05) is 24.3 Å². The normalized spacial score (nSPS) is 12.5. The van der Waals surface area contributed by atoms with Crippen molar-refractivity contribution < 1.29 is 29.0 Å². The zero-order chi connectivity index (χ0) is 22.8. The van der Waals surface area contributed by atoms with Crippen molar-refractivity contribution in [2.75, 3.05) is 16.8 Å². The number of carboxylic acid groups (broad SMARTS) is 1. The number of nitrogens with zero attached hydrogens (tertiary/aromatic N) is 1. The first-order valence-electron chi connectivity index (χ1n) is 9.80. The van der Waals surface area contributed by atoms with Gasteiger partial charge in [-0.3, -0.25) is 14.4 Å². The van der Waals surface area contributed by atoms with Crippen LogP contribution < -0.4 is 15.0 Å². The molecule has 1 heterocycles. The monoisotopic (exact) mass is 430 g/mol. The number of hydrogen-bond acceptors (Lipinski definition) is 5. The average Bonchev–Trinajstić information content (AvgIpc) is 3.04. The molecule has 0 saturated heterocycles. The molecule has 160 valence electrons. The Kier molecular flexibility index (Phi) is 5.43. The largest absolute Gasteiger partial charge is 0.492 e. The van der Waals surface area contributed by atoms with E-state index in [0.29, 0.717) is 18.0 Å². The van der Waals surface area contributed by atoms with E-state index in [1.807, 2.05) is 0 Å². The fraction of sp³-hybridized carbons (Fsp3) is 0.0833. The number of nitrogens with one attached hydrogen (secondary N) is 1. The minimum atomic E-state index is -1.18. The van der Waals surface area contributed by atoms with Crippen molar-refractivity contribution >= 4 is 35.1 Å². The Morgan fingerprint density at radius 3 is 2.38 bits per heavy atom. The molecular formula is C24H18N2O6. The summed E-state index contributed by atoms with van der Waals surface area (Å²) in [4.78, 5) is 51.1. The summed E-state index contributed by atoms with van der Waals surface area (Å²) in [5.41, 5.74) is 0.753. The highest BCUT2D eigenvalue weighted by Gasteiger charge is 2.38. The van der Waals surface area contributed by atoms with Crippen LogP contribution in [0.3, 0.4) is 0 Å². The van der Waals surface area contributed by atoms with Crippen LogP contribution in [0.4, 0.5) is 11.4 Å². The Morgan fingerprint density at radius 2 is 1.62 bits per heavy atom. The molecule has 8 heteroatoms. The van der Waals surface area contributed by atoms with Gasteiger partial charge in [0.1, 0.15) is 5.75 Å². The minimum Gasteiger partial charge on any atom is -0.492 e. The molecule has 8 nitrogen and oxygen atoms in total. The molecule has 0 radical (unpaired) electrons. The fourth-order valence-electron chi connectivity index (χ4n) is 3.49. The van der Waals surface area contributed by atoms with E-state index in [0.717, 1.165) is 4.90 Å². The molecule has 0 aliphatic carbocycles. The molecule has 3 aromatic rings. The highest BCUT2D eigenvalue weighted by Crippen LogP contribution is 2.35. The van der Waals surface area contributed by atoms with Crippen molar-refractivity contribution in [1.29, 1.82) is 0 Å². The van der Waals surface area contributed by atoms with Crippen LogP contribution in [0.5, 0.6) is 5.75 Å². The number of para-hydroxylation sites is 3. The van der Waals surface area contributed by atoms with Crippen LogP contribution in [0.2, 0.25) is 0 Å². The van der Waals surface area contributed by atoms with E-state index in [1.165, 1.54) is 30.3 Å². The van der Waals surface area contributed by atoms with E-state index in [2.05, 4.69) is 5.32 Å². The van der Waals surface area contributed by atoms with Crippen molar-refractivity contribution in [3.05, 3.63) is 89.0 Å². The van der Waals surface area contributed by atoms with E-state index in [9.17, 15) is 24.3 Å². The predicted molar refractivity (Wildman–Crippen MR) is 117 cm³/mol. The molecule has 0 bridgehead atoms. The molecule has 4 rings (SSSR count). The first-order chi connectivity index (χ1) is 15.4. The number of benzene rings is 3. The lowest BCUT2D eigenvalue weighted by molar-refractivity contribution is 0.0697. The van der Waals surface area contributed by atoms with Gasteiger partial charge in [0.05, 0.1) is 34.7 Å². The van der Waals surface area contributed by atoms with Crippen molar-refractivity contribution in [1.82, 2.24) is 0 Å². The zero-order valence-electron chi connectivity index (χ0n) is 17.0. The Bertz CT molecular complexity index is 1270. The number of ether oxygens (including phenoxy) is 1. The molecule has 0 aromatic heterocycles. The van der Waals surface area contributed by atoms with Crippen LogP contribution in [0.15, 0.2) is 66.7 Å². The third-order valence-corrected chi connectivity index (χ3v) is 4.96. The Labute approximate surface area is 183 Å². The van der Waals surface area contributed by atoms with E-state index in [-0.39, 0.29) is 27.9 Å². The van der Waals surface area contributed by atoms with Gasteiger partial charge in [0, 0.05) is 5.56 Å². The van der Waals surface area contributed by atoms with Gasteiger partial charge in [-0.2, -0.15) is 0 Å². The van der Waals surface area contributed by atoms with Crippen molar-refractivity contribution in [3.63, 3.8) is 0 Å². The smallest absolute Gasteiger partial charge is 0.337 e. The van der Waals surface area contributed by atoms with E-state index in [4.69, 9.17) is 4.74 Å². The summed E-state index contributed by atoms with van der Waals surface area (Å²) < 4.78 is 5.55. The van der Waals surface area contributed by atoms with Crippen LogP contribution in [-0.2, 0) is 0 Å². The second-order valence-electron chi connectivity index (χ2n) is 6.91. The van der Waals surface area contributed by atoms with Crippen LogP contribution in [0, 0.1) is 0 Å². The topological polar surface area (TPSA) is 113 Å². The van der Waals surface area contributed by atoms with Gasteiger partial charge in [-0.25, -0.2) is 9.69 Å². The Morgan fingerprint density at radius 1 is 0.938 bits per heavy atom. The maximum Gasteiger partial charge on any atom is 0.337 e. The van der Waals surface area contributed by atoms with Crippen molar-refractivity contribution in [2.45, 2.75) is 6.92 Å². The number of carboxylic acids is 1. The molecular weight excluding hydrogens is 412 g/mol. The summed E-state index contributed by atoms with van der Waals surface area (Å²) in [5, 5.41) is 11.8. The van der Waals surface area contributed by atoms with Gasteiger partial charge in [0.2, 0.25) is 0 Å². The van der Waals surface area contributed by atoms with Gasteiger partial charge in [-0.15, -0.1) is 0 Å². The molecule has 0 atom stereocenters. The maximum absolute atomic E-state index is 13.1. The fourth-order valence-corrected chi connectivity index (χ4v) is 3.49. The number of fused-ring (bicyclic) bond motifs is 1. The van der Waals surface area contributed by atoms with Gasteiger partial charge in [-0.05, 0) is 49.4 Å². The standard InChI is InChI=1S/C24H18N2O6/c1-2-32-20-10-6-5-9-19(20)26-22(28)15-12-11-14(13-17(15)23(26)29)21(27)25-18-8-4-3-7-16(18)24(30)31/h3-13H,2H2,1H3,(H,25,27)(H,30,31). The number of amides is 3. The van der Waals surface area contributed by atoms with Crippen molar-refractivity contribution in [2.24, 2.45) is 0 Å². The summed E-state index contributed by atoms with van der Waals surface area (Å²) in [5.74, 6) is -2.47. The first kappa shape index (κ1) is 20.8. The zero-order valence-corrected chi connectivity index (χ0v) is 17.0. The van der Waals surface area contributed by atoms with Crippen LogP contribution >= 0.6 is 0 Å². The van der Waals surface area contributed by atoms with E-state index < -0.39 is 23.7 Å². The molecule has 2 N–H and O–H groups in total. The third kappa shape index (κ3) is 3.58. The number of carbonyl (C=O) groups excluding carboxylic acids is 3. The molecule has 32 heavy (non-hydrogen) atoms. The number of rotatable bonds is 6. The molecule has 0 fully saturated rings. The highest BCUT2D eigenvalue weighted by molar-refractivity contribution is 6.35. The second-order valence-corrected chi connectivity index (χ2v) is 6.91.